The Morgan fingerprint density at radius 1 is 1.31 bits per heavy atom. The lowest BCUT2D eigenvalue weighted by atomic mass is 10.2. The van der Waals surface area contributed by atoms with Crippen molar-refractivity contribution in [2.45, 2.75) is 37.9 Å². The Morgan fingerprint density at radius 2 is 2.06 bits per heavy atom. The zero-order chi connectivity index (χ0) is 11.4. The zero-order valence-electron chi connectivity index (χ0n) is 9.49. The van der Waals surface area contributed by atoms with Gasteiger partial charge in [-0.05, 0) is 37.5 Å². The summed E-state index contributed by atoms with van der Waals surface area (Å²) in [5.41, 5.74) is 1.11. The molecule has 2 unspecified atom stereocenters. The van der Waals surface area contributed by atoms with Crippen LogP contribution in [0.25, 0.3) is 0 Å². The van der Waals surface area contributed by atoms with Crippen molar-refractivity contribution in [3.63, 3.8) is 0 Å². The predicted octanol–water partition coefficient (Wildman–Crippen LogP) is 3.37. The summed E-state index contributed by atoms with van der Waals surface area (Å²) >= 11 is 5.72. The maximum absolute atomic E-state index is 5.72. The fourth-order valence-electron chi connectivity index (χ4n) is 1.87. The number of rotatable bonds is 4. The van der Waals surface area contributed by atoms with Gasteiger partial charge < -0.3 is 9.47 Å². The standard InChI is InChI=1S/C13H17ClO2/c1-10-2-5-13(16-10)9-15-12-6-3-11(8-14)4-7-12/h3-4,6-7,10,13H,2,5,8-9H2,1H3. The summed E-state index contributed by atoms with van der Waals surface area (Å²) in [6.45, 7) is 2.75. The maximum atomic E-state index is 5.72. The SMILES string of the molecule is CC1CCC(COc2ccc(CCl)cc2)O1. The van der Waals surface area contributed by atoms with Gasteiger partial charge in [0, 0.05) is 5.88 Å². The van der Waals surface area contributed by atoms with Crippen LogP contribution in [-0.4, -0.2) is 18.8 Å². The average molecular weight is 241 g/mol. The van der Waals surface area contributed by atoms with E-state index < -0.39 is 0 Å². The zero-order valence-corrected chi connectivity index (χ0v) is 10.2. The van der Waals surface area contributed by atoms with Crippen molar-refractivity contribution in [1.29, 1.82) is 0 Å². The highest BCUT2D eigenvalue weighted by molar-refractivity contribution is 6.17. The van der Waals surface area contributed by atoms with Gasteiger partial charge in [0.05, 0.1) is 12.2 Å². The van der Waals surface area contributed by atoms with Crippen molar-refractivity contribution in [2.75, 3.05) is 6.61 Å². The van der Waals surface area contributed by atoms with E-state index in [2.05, 4.69) is 6.92 Å². The van der Waals surface area contributed by atoms with E-state index in [9.17, 15) is 0 Å². The first-order valence-corrected chi connectivity index (χ1v) is 6.24. The van der Waals surface area contributed by atoms with Gasteiger partial charge in [-0.1, -0.05) is 12.1 Å². The quantitative estimate of drug-likeness (QED) is 0.752. The van der Waals surface area contributed by atoms with Crippen molar-refractivity contribution in [3.8, 4) is 5.75 Å². The van der Waals surface area contributed by atoms with Crippen molar-refractivity contribution < 1.29 is 9.47 Å². The molecular weight excluding hydrogens is 224 g/mol. The Bertz CT molecular complexity index is 323. The van der Waals surface area contributed by atoms with E-state index in [-0.39, 0.29) is 6.10 Å². The molecule has 0 aliphatic carbocycles. The molecule has 2 atom stereocenters. The van der Waals surface area contributed by atoms with Crippen LogP contribution in [0.15, 0.2) is 24.3 Å². The van der Waals surface area contributed by atoms with Gasteiger partial charge in [-0.3, -0.25) is 0 Å². The number of hydrogen-bond acceptors (Lipinski definition) is 2. The molecule has 1 heterocycles. The molecule has 0 saturated carbocycles. The van der Waals surface area contributed by atoms with E-state index in [0.717, 1.165) is 24.2 Å². The minimum Gasteiger partial charge on any atom is -0.491 e. The minimum absolute atomic E-state index is 0.253. The monoisotopic (exact) mass is 240 g/mol. The van der Waals surface area contributed by atoms with Gasteiger partial charge >= 0.3 is 0 Å². The Balaban J connectivity index is 1.80. The van der Waals surface area contributed by atoms with Crippen molar-refractivity contribution in [3.05, 3.63) is 29.8 Å². The van der Waals surface area contributed by atoms with Crippen LogP contribution in [0.2, 0.25) is 0 Å². The molecule has 2 rings (SSSR count). The molecule has 1 aliphatic heterocycles. The molecule has 1 aliphatic rings. The van der Waals surface area contributed by atoms with Crippen LogP contribution < -0.4 is 4.74 Å². The molecule has 1 fully saturated rings. The highest BCUT2D eigenvalue weighted by atomic mass is 35.5. The third-order valence-electron chi connectivity index (χ3n) is 2.83. The molecule has 1 saturated heterocycles. The van der Waals surface area contributed by atoms with E-state index in [1.54, 1.807) is 0 Å². The second kappa shape index (κ2) is 5.55. The first-order valence-electron chi connectivity index (χ1n) is 5.71. The summed E-state index contributed by atoms with van der Waals surface area (Å²) in [6.07, 6.45) is 2.87. The predicted molar refractivity (Wildman–Crippen MR) is 65.1 cm³/mol. The minimum atomic E-state index is 0.253. The highest BCUT2D eigenvalue weighted by Crippen LogP contribution is 2.20. The highest BCUT2D eigenvalue weighted by Gasteiger charge is 2.21. The van der Waals surface area contributed by atoms with Gasteiger partial charge in [-0.25, -0.2) is 0 Å². The van der Waals surface area contributed by atoms with E-state index in [1.807, 2.05) is 24.3 Å². The molecule has 1 aromatic rings. The lowest BCUT2D eigenvalue weighted by Gasteiger charge is -2.12. The summed E-state index contributed by atoms with van der Waals surface area (Å²) in [5.74, 6) is 1.43. The van der Waals surface area contributed by atoms with E-state index >= 15 is 0 Å². The molecule has 0 N–H and O–H groups in total. The number of benzene rings is 1. The smallest absolute Gasteiger partial charge is 0.119 e. The van der Waals surface area contributed by atoms with Crippen LogP contribution in [0.4, 0.5) is 0 Å². The molecule has 0 aromatic heterocycles. The van der Waals surface area contributed by atoms with Crippen LogP contribution in [0, 0.1) is 0 Å². The average Bonchev–Trinajstić information content (AvgIpc) is 2.73. The Labute approximate surface area is 102 Å². The summed E-state index contributed by atoms with van der Waals surface area (Å²) in [4.78, 5) is 0. The fourth-order valence-corrected chi connectivity index (χ4v) is 2.05. The molecule has 0 radical (unpaired) electrons. The van der Waals surface area contributed by atoms with Gasteiger partial charge in [0.2, 0.25) is 0 Å². The lowest BCUT2D eigenvalue weighted by Crippen LogP contribution is -2.17. The number of halogens is 1. The Hall–Kier alpha value is -0.730. The molecule has 2 nitrogen and oxygen atoms in total. The first kappa shape index (κ1) is 11.7. The van der Waals surface area contributed by atoms with Crippen LogP contribution in [-0.2, 0) is 10.6 Å². The molecule has 0 spiro atoms. The van der Waals surface area contributed by atoms with E-state index in [0.29, 0.717) is 18.6 Å². The molecule has 88 valence electrons. The van der Waals surface area contributed by atoms with Gasteiger partial charge in [-0.15, -0.1) is 11.6 Å². The number of hydrogen-bond donors (Lipinski definition) is 0. The molecule has 1 aromatic carbocycles. The molecule has 0 bridgehead atoms. The number of alkyl halides is 1. The van der Waals surface area contributed by atoms with Gasteiger partial charge in [-0.2, -0.15) is 0 Å². The van der Waals surface area contributed by atoms with Crippen LogP contribution in [0.5, 0.6) is 5.75 Å². The molecular formula is C13H17ClO2. The summed E-state index contributed by atoms with van der Waals surface area (Å²) in [5, 5.41) is 0. The second-order valence-electron chi connectivity index (χ2n) is 4.23. The molecule has 0 amide bonds. The topological polar surface area (TPSA) is 18.5 Å². The second-order valence-corrected chi connectivity index (χ2v) is 4.50. The van der Waals surface area contributed by atoms with Crippen molar-refractivity contribution in [2.24, 2.45) is 0 Å². The molecule has 16 heavy (non-hydrogen) atoms. The first-order chi connectivity index (χ1) is 7.78. The van der Waals surface area contributed by atoms with Gasteiger partial charge in [0.25, 0.3) is 0 Å². The molecule has 3 heteroatoms. The Morgan fingerprint density at radius 3 is 2.62 bits per heavy atom. The maximum Gasteiger partial charge on any atom is 0.119 e. The normalized spacial score (nSPS) is 24.6. The fraction of sp³-hybridized carbons (Fsp3) is 0.538. The van der Waals surface area contributed by atoms with Crippen molar-refractivity contribution >= 4 is 11.6 Å². The Kier molecular flexibility index (Phi) is 4.08. The van der Waals surface area contributed by atoms with Crippen LogP contribution >= 0.6 is 11.6 Å². The van der Waals surface area contributed by atoms with Crippen molar-refractivity contribution in [1.82, 2.24) is 0 Å². The third kappa shape index (κ3) is 3.13. The third-order valence-corrected chi connectivity index (χ3v) is 3.14. The van der Waals surface area contributed by atoms with Crippen LogP contribution in [0.1, 0.15) is 25.3 Å². The van der Waals surface area contributed by atoms with E-state index in [1.165, 1.54) is 0 Å². The summed E-state index contributed by atoms with van der Waals surface area (Å²) < 4.78 is 11.4. The summed E-state index contributed by atoms with van der Waals surface area (Å²) in [7, 11) is 0. The lowest BCUT2D eigenvalue weighted by molar-refractivity contribution is 0.0264. The largest absolute Gasteiger partial charge is 0.491 e. The van der Waals surface area contributed by atoms with Gasteiger partial charge in [0.15, 0.2) is 0 Å². The summed E-state index contributed by atoms with van der Waals surface area (Å²) in [6, 6.07) is 7.88. The van der Waals surface area contributed by atoms with Crippen LogP contribution in [0.3, 0.4) is 0 Å². The van der Waals surface area contributed by atoms with Gasteiger partial charge in [0.1, 0.15) is 12.4 Å². The number of ether oxygens (including phenoxy) is 2. The van der Waals surface area contributed by atoms with E-state index in [4.69, 9.17) is 21.1 Å².